The van der Waals surface area contributed by atoms with Gasteiger partial charge in [-0.2, -0.15) is 0 Å². The normalized spacial score (nSPS) is 13.5. The number of urea groups is 1. The number of amides is 5. The first-order valence-electron chi connectivity index (χ1n) is 12.5. The van der Waals surface area contributed by atoms with Crippen molar-refractivity contribution in [2.24, 2.45) is 0 Å². The summed E-state index contributed by atoms with van der Waals surface area (Å²) in [6.45, 7) is 1.20. The summed E-state index contributed by atoms with van der Waals surface area (Å²) in [4.78, 5) is 51.1. The third-order valence-electron chi connectivity index (χ3n) is 5.69. The zero-order valence-corrected chi connectivity index (χ0v) is 23.0. The lowest BCUT2D eigenvalue weighted by atomic mass is 10.1. The van der Waals surface area contributed by atoms with Gasteiger partial charge in [0.2, 0.25) is 5.91 Å². The number of halogens is 1. The molecule has 212 valence electrons. The molecule has 3 N–H and O–H groups in total. The van der Waals surface area contributed by atoms with E-state index in [1.165, 1.54) is 19.3 Å². The molecule has 1 fully saturated rings. The number of ether oxygens (including phenoxy) is 3. The molecule has 1 aliphatic rings. The van der Waals surface area contributed by atoms with Gasteiger partial charge >= 0.3 is 6.03 Å². The van der Waals surface area contributed by atoms with Crippen LogP contribution in [-0.4, -0.2) is 55.5 Å². The standard InChI is InChI=1S/C29H27ClN4O7/c1-3-40-24-15-18(13-20(30)27(24)41-17-26(36)31-19-9-5-4-6-10-19)14-22-28(37)34(29(38)33-22)16-25(35)32-21-11-7-8-12-23(21)39-2/h4-15H,3,16-17H2,1-2H3,(H,31,36)(H,32,35)(H,33,38)/b22-14+. The Labute approximate surface area is 241 Å². The lowest BCUT2D eigenvalue weighted by Crippen LogP contribution is -2.38. The first kappa shape index (κ1) is 29.0. The lowest BCUT2D eigenvalue weighted by molar-refractivity contribution is -0.127. The molecule has 3 aromatic carbocycles. The summed E-state index contributed by atoms with van der Waals surface area (Å²) in [6, 6.07) is 18.0. The van der Waals surface area contributed by atoms with E-state index in [1.807, 2.05) is 6.07 Å². The monoisotopic (exact) mass is 578 g/mol. The second kappa shape index (κ2) is 13.4. The molecule has 0 aromatic heterocycles. The highest BCUT2D eigenvalue weighted by Gasteiger charge is 2.35. The molecule has 0 radical (unpaired) electrons. The number of methoxy groups -OCH3 is 1. The van der Waals surface area contributed by atoms with Gasteiger partial charge in [-0.25, -0.2) is 9.69 Å². The molecule has 4 rings (SSSR count). The van der Waals surface area contributed by atoms with Crippen molar-refractivity contribution < 1.29 is 33.4 Å². The largest absolute Gasteiger partial charge is 0.495 e. The molecule has 5 amide bonds. The fourth-order valence-corrected chi connectivity index (χ4v) is 4.17. The van der Waals surface area contributed by atoms with Crippen LogP contribution in [0.15, 0.2) is 72.4 Å². The number of rotatable bonds is 11. The number of nitrogens with one attached hydrogen (secondary N) is 3. The van der Waals surface area contributed by atoms with E-state index in [9.17, 15) is 19.2 Å². The molecule has 0 aliphatic carbocycles. The van der Waals surface area contributed by atoms with Crippen LogP contribution in [0.5, 0.6) is 17.2 Å². The van der Waals surface area contributed by atoms with Crippen LogP contribution >= 0.6 is 11.6 Å². The second-order valence-electron chi connectivity index (χ2n) is 8.59. The molecule has 0 atom stereocenters. The first-order chi connectivity index (χ1) is 19.8. The van der Waals surface area contributed by atoms with E-state index in [2.05, 4.69) is 16.0 Å². The second-order valence-corrected chi connectivity index (χ2v) is 9.00. The molecule has 1 aliphatic heterocycles. The third kappa shape index (κ3) is 7.34. The van der Waals surface area contributed by atoms with Crippen molar-refractivity contribution in [1.29, 1.82) is 0 Å². The van der Waals surface area contributed by atoms with Crippen LogP contribution in [0.1, 0.15) is 12.5 Å². The number of imide groups is 1. The van der Waals surface area contributed by atoms with Crippen molar-refractivity contribution in [3.05, 3.63) is 83.0 Å². The van der Waals surface area contributed by atoms with Gasteiger partial charge in [-0.15, -0.1) is 0 Å². The first-order valence-corrected chi connectivity index (χ1v) is 12.9. The van der Waals surface area contributed by atoms with Crippen molar-refractivity contribution in [1.82, 2.24) is 10.2 Å². The fourth-order valence-electron chi connectivity index (χ4n) is 3.89. The molecular formula is C29H27ClN4O7. The van der Waals surface area contributed by atoms with Crippen LogP contribution in [0.2, 0.25) is 5.02 Å². The smallest absolute Gasteiger partial charge is 0.329 e. The summed E-state index contributed by atoms with van der Waals surface area (Å²) in [5.41, 5.74) is 1.38. The van der Waals surface area contributed by atoms with Crippen molar-refractivity contribution in [2.75, 3.05) is 37.5 Å². The molecule has 1 saturated heterocycles. The van der Waals surface area contributed by atoms with Gasteiger partial charge in [0, 0.05) is 5.69 Å². The molecule has 1 heterocycles. The van der Waals surface area contributed by atoms with E-state index in [0.717, 1.165) is 4.90 Å². The summed E-state index contributed by atoms with van der Waals surface area (Å²) in [5.74, 6) is -0.852. The molecule has 11 nitrogen and oxygen atoms in total. The maximum absolute atomic E-state index is 13.0. The summed E-state index contributed by atoms with van der Waals surface area (Å²) < 4.78 is 16.5. The minimum absolute atomic E-state index is 0.0606. The molecule has 0 spiro atoms. The molecule has 0 saturated carbocycles. The van der Waals surface area contributed by atoms with Crippen molar-refractivity contribution in [2.45, 2.75) is 6.92 Å². The minimum Gasteiger partial charge on any atom is -0.495 e. The van der Waals surface area contributed by atoms with Gasteiger partial charge in [0.1, 0.15) is 18.0 Å². The van der Waals surface area contributed by atoms with Gasteiger partial charge in [0.05, 0.1) is 24.4 Å². The highest BCUT2D eigenvalue weighted by atomic mass is 35.5. The maximum Gasteiger partial charge on any atom is 0.329 e. The summed E-state index contributed by atoms with van der Waals surface area (Å²) in [6.07, 6.45) is 1.40. The van der Waals surface area contributed by atoms with Crippen LogP contribution in [0, 0.1) is 0 Å². The zero-order chi connectivity index (χ0) is 29.4. The van der Waals surface area contributed by atoms with Gasteiger partial charge in [-0.05, 0) is 55.0 Å². The number of nitrogens with zero attached hydrogens (tertiary/aromatic N) is 1. The van der Waals surface area contributed by atoms with Gasteiger partial charge in [0.25, 0.3) is 11.8 Å². The Morgan fingerprint density at radius 1 is 0.951 bits per heavy atom. The lowest BCUT2D eigenvalue weighted by Gasteiger charge is -2.15. The highest BCUT2D eigenvalue weighted by Crippen LogP contribution is 2.37. The van der Waals surface area contributed by atoms with E-state index in [-0.39, 0.29) is 35.4 Å². The fraction of sp³-hybridized carbons (Fsp3) is 0.172. The molecule has 0 unspecified atom stereocenters. The van der Waals surface area contributed by atoms with Crippen LogP contribution in [0.3, 0.4) is 0 Å². The highest BCUT2D eigenvalue weighted by molar-refractivity contribution is 6.32. The van der Waals surface area contributed by atoms with Gasteiger partial charge < -0.3 is 30.2 Å². The van der Waals surface area contributed by atoms with Gasteiger partial charge in [0.15, 0.2) is 18.1 Å². The molecular weight excluding hydrogens is 552 g/mol. The van der Waals surface area contributed by atoms with E-state index in [0.29, 0.717) is 22.7 Å². The Kier molecular flexibility index (Phi) is 9.43. The van der Waals surface area contributed by atoms with Gasteiger partial charge in [-0.3, -0.25) is 14.4 Å². The van der Waals surface area contributed by atoms with Crippen molar-refractivity contribution in [3.8, 4) is 17.2 Å². The summed E-state index contributed by atoms with van der Waals surface area (Å²) in [7, 11) is 1.46. The average molecular weight is 579 g/mol. The van der Waals surface area contributed by atoms with Crippen LogP contribution < -0.4 is 30.2 Å². The number of anilines is 2. The van der Waals surface area contributed by atoms with Crippen molar-refractivity contribution in [3.63, 3.8) is 0 Å². The average Bonchev–Trinajstić information content (AvgIpc) is 3.20. The SMILES string of the molecule is CCOc1cc(/C=C2/NC(=O)N(CC(=O)Nc3ccccc3OC)C2=O)cc(Cl)c1OCC(=O)Nc1ccccc1. The Balaban J connectivity index is 1.45. The topological polar surface area (TPSA) is 135 Å². The van der Waals surface area contributed by atoms with Crippen LogP contribution in [-0.2, 0) is 14.4 Å². The number of hydrogen-bond acceptors (Lipinski definition) is 7. The van der Waals surface area contributed by atoms with E-state index >= 15 is 0 Å². The number of carbonyl (C=O) groups is 4. The van der Waals surface area contributed by atoms with E-state index < -0.39 is 30.3 Å². The third-order valence-corrected chi connectivity index (χ3v) is 5.97. The number of hydrogen-bond donors (Lipinski definition) is 3. The number of carbonyl (C=O) groups excluding carboxylic acids is 4. The Hall–Kier alpha value is -5.03. The summed E-state index contributed by atoms with van der Waals surface area (Å²) >= 11 is 6.45. The van der Waals surface area contributed by atoms with E-state index in [1.54, 1.807) is 61.5 Å². The Morgan fingerprint density at radius 2 is 1.68 bits per heavy atom. The van der Waals surface area contributed by atoms with E-state index in [4.69, 9.17) is 25.8 Å². The van der Waals surface area contributed by atoms with Crippen LogP contribution in [0.25, 0.3) is 6.08 Å². The predicted octanol–water partition coefficient (Wildman–Crippen LogP) is 4.30. The number of para-hydroxylation sites is 3. The maximum atomic E-state index is 13.0. The zero-order valence-electron chi connectivity index (χ0n) is 22.2. The Bertz CT molecular complexity index is 1490. The quantitative estimate of drug-likeness (QED) is 0.228. The molecule has 12 heteroatoms. The minimum atomic E-state index is -0.753. The number of benzene rings is 3. The molecule has 0 bridgehead atoms. The molecule has 3 aromatic rings. The summed E-state index contributed by atoms with van der Waals surface area (Å²) in [5, 5.41) is 7.94. The predicted molar refractivity (Wildman–Crippen MR) is 153 cm³/mol. The van der Waals surface area contributed by atoms with Crippen molar-refractivity contribution >= 4 is 52.8 Å². The van der Waals surface area contributed by atoms with Gasteiger partial charge in [-0.1, -0.05) is 41.9 Å². The molecule has 41 heavy (non-hydrogen) atoms. The van der Waals surface area contributed by atoms with Crippen LogP contribution in [0.4, 0.5) is 16.2 Å². The Morgan fingerprint density at radius 3 is 2.41 bits per heavy atom.